The van der Waals surface area contributed by atoms with Gasteiger partial charge < -0.3 is 18.8 Å². The first-order valence-corrected chi connectivity index (χ1v) is 14.2. The molecule has 208 valence electrons. The molecule has 0 spiro atoms. The SMILES string of the molecule is CCOC(=O)c1ccc2c(c1)sc(=NC(=O)c1ccc(NS(=O)(=O)c3ccc(OC)cc3)cc1)n2CC(=O)OC. The summed E-state index contributed by atoms with van der Waals surface area (Å²) in [6.07, 6.45) is 0. The topological polar surface area (TPSA) is 142 Å². The second-order valence-electron chi connectivity index (χ2n) is 8.23. The van der Waals surface area contributed by atoms with Crippen LogP contribution in [0.5, 0.6) is 5.75 Å². The third-order valence-electron chi connectivity index (χ3n) is 5.66. The number of methoxy groups -OCH3 is 2. The highest BCUT2D eigenvalue weighted by molar-refractivity contribution is 7.92. The average molecular weight is 584 g/mol. The van der Waals surface area contributed by atoms with E-state index in [1.165, 1.54) is 67.3 Å². The van der Waals surface area contributed by atoms with Gasteiger partial charge in [-0.2, -0.15) is 4.99 Å². The predicted molar refractivity (Wildman–Crippen MR) is 148 cm³/mol. The van der Waals surface area contributed by atoms with Gasteiger partial charge in [0, 0.05) is 11.3 Å². The molecule has 1 aromatic heterocycles. The summed E-state index contributed by atoms with van der Waals surface area (Å²) >= 11 is 1.12. The van der Waals surface area contributed by atoms with Crippen LogP contribution >= 0.6 is 11.3 Å². The number of hydrogen-bond acceptors (Lipinski definition) is 9. The molecule has 11 nitrogen and oxygen atoms in total. The summed E-state index contributed by atoms with van der Waals surface area (Å²) in [5.41, 5.74) is 1.35. The van der Waals surface area contributed by atoms with Gasteiger partial charge in [0.15, 0.2) is 4.80 Å². The molecule has 1 N–H and O–H groups in total. The lowest BCUT2D eigenvalue weighted by molar-refractivity contribution is -0.141. The highest BCUT2D eigenvalue weighted by Crippen LogP contribution is 2.22. The number of carbonyl (C=O) groups is 3. The molecular weight excluding hydrogens is 558 g/mol. The number of aromatic nitrogens is 1. The maximum absolute atomic E-state index is 13.0. The molecule has 4 rings (SSSR count). The van der Waals surface area contributed by atoms with E-state index in [2.05, 4.69) is 9.71 Å². The summed E-state index contributed by atoms with van der Waals surface area (Å²) in [4.78, 5) is 41.7. The van der Waals surface area contributed by atoms with Crippen LogP contribution in [0.25, 0.3) is 10.2 Å². The first-order valence-electron chi connectivity index (χ1n) is 11.9. The van der Waals surface area contributed by atoms with Crippen LogP contribution in [0.4, 0.5) is 5.69 Å². The van der Waals surface area contributed by atoms with Gasteiger partial charge in [0.05, 0.1) is 41.5 Å². The number of thiazole rings is 1. The number of esters is 2. The minimum Gasteiger partial charge on any atom is -0.497 e. The molecule has 0 atom stereocenters. The number of carbonyl (C=O) groups excluding carboxylic acids is 3. The van der Waals surface area contributed by atoms with Crippen molar-refractivity contribution in [3.05, 3.63) is 82.7 Å². The molecular formula is C27H25N3O8S2. The Hall–Kier alpha value is -4.49. The van der Waals surface area contributed by atoms with Gasteiger partial charge in [-0.1, -0.05) is 11.3 Å². The Bertz CT molecular complexity index is 1740. The Balaban J connectivity index is 1.62. The van der Waals surface area contributed by atoms with Gasteiger partial charge in [-0.3, -0.25) is 14.3 Å². The number of ether oxygens (including phenoxy) is 3. The number of sulfonamides is 1. The van der Waals surface area contributed by atoms with E-state index in [4.69, 9.17) is 14.2 Å². The molecule has 13 heteroatoms. The van der Waals surface area contributed by atoms with Crippen LogP contribution in [0.3, 0.4) is 0 Å². The van der Waals surface area contributed by atoms with E-state index in [1.54, 1.807) is 25.1 Å². The van der Waals surface area contributed by atoms with Crippen molar-refractivity contribution in [2.24, 2.45) is 4.99 Å². The summed E-state index contributed by atoms with van der Waals surface area (Å²) in [5.74, 6) is -1.12. The lowest BCUT2D eigenvalue weighted by Crippen LogP contribution is -2.22. The normalized spacial score (nSPS) is 11.7. The fraction of sp³-hybridized carbons (Fsp3) is 0.185. The number of hydrogen-bond donors (Lipinski definition) is 1. The van der Waals surface area contributed by atoms with E-state index >= 15 is 0 Å². The van der Waals surface area contributed by atoms with Crippen LogP contribution in [-0.4, -0.2) is 51.7 Å². The van der Waals surface area contributed by atoms with Crippen molar-refractivity contribution >= 4 is 55.1 Å². The zero-order chi connectivity index (χ0) is 28.9. The quantitative estimate of drug-likeness (QED) is 0.295. The van der Waals surface area contributed by atoms with Crippen LogP contribution < -0.4 is 14.3 Å². The van der Waals surface area contributed by atoms with Crippen molar-refractivity contribution in [3.63, 3.8) is 0 Å². The van der Waals surface area contributed by atoms with Crippen LogP contribution in [-0.2, 0) is 30.8 Å². The largest absolute Gasteiger partial charge is 0.497 e. The molecule has 0 aliphatic rings. The highest BCUT2D eigenvalue weighted by atomic mass is 32.2. The van der Waals surface area contributed by atoms with Crippen molar-refractivity contribution in [2.75, 3.05) is 25.5 Å². The summed E-state index contributed by atoms with van der Waals surface area (Å²) in [5, 5.41) is 0. The molecule has 1 amide bonds. The number of anilines is 1. The Morgan fingerprint density at radius 1 is 0.950 bits per heavy atom. The molecule has 40 heavy (non-hydrogen) atoms. The second kappa shape index (κ2) is 12.1. The van der Waals surface area contributed by atoms with Crippen LogP contribution in [0.1, 0.15) is 27.6 Å². The number of nitrogens with zero attached hydrogens (tertiary/aromatic N) is 2. The fourth-order valence-electron chi connectivity index (χ4n) is 3.65. The van der Waals surface area contributed by atoms with Crippen LogP contribution in [0.2, 0.25) is 0 Å². The Labute approximate surface area is 233 Å². The third kappa shape index (κ3) is 6.38. The Morgan fingerprint density at radius 2 is 1.62 bits per heavy atom. The van der Waals surface area contributed by atoms with Gasteiger partial charge in [-0.25, -0.2) is 13.2 Å². The summed E-state index contributed by atoms with van der Waals surface area (Å²) < 4.78 is 44.9. The standard InChI is InChI=1S/C27H25N3O8S2/c1-4-38-26(33)18-7-14-22-23(15-18)39-27(30(22)16-24(31)37-3)28-25(32)17-5-8-19(9-6-17)29-40(34,35)21-12-10-20(36-2)11-13-21/h5-15,29H,4,16H2,1-3H3. The zero-order valence-corrected chi connectivity index (χ0v) is 23.4. The first kappa shape index (κ1) is 28.5. The van der Waals surface area contributed by atoms with Gasteiger partial charge in [-0.05, 0) is 73.7 Å². The van der Waals surface area contributed by atoms with Crippen LogP contribution in [0.15, 0.2) is 76.6 Å². The number of benzene rings is 3. The summed E-state index contributed by atoms with van der Waals surface area (Å²) in [6.45, 7) is 1.73. The van der Waals surface area contributed by atoms with Crippen LogP contribution in [0, 0.1) is 0 Å². The molecule has 0 saturated heterocycles. The summed E-state index contributed by atoms with van der Waals surface area (Å²) in [6, 6.07) is 16.5. The van der Waals surface area contributed by atoms with Gasteiger partial charge in [-0.15, -0.1) is 0 Å². The van der Waals surface area contributed by atoms with E-state index in [9.17, 15) is 22.8 Å². The number of fused-ring (bicyclic) bond motifs is 1. The first-order chi connectivity index (χ1) is 19.1. The molecule has 3 aromatic carbocycles. The number of rotatable bonds is 9. The minimum atomic E-state index is -3.86. The molecule has 0 radical (unpaired) electrons. The molecule has 0 bridgehead atoms. The summed E-state index contributed by atoms with van der Waals surface area (Å²) in [7, 11) is -1.12. The van der Waals surface area contributed by atoms with E-state index in [0.29, 0.717) is 21.5 Å². The molecule has 0 aliphatic heterocycles. The Morgan fingerprint density at radius 3 is 2.25 bits per heavy atom. The minimum absolute atomic E-state index is 0.0505. The van der Waals surface area contributed by atoms with Crippen molar-refractivity contribution < 1.29 is 37.0 Å². The third-order valence-corrected chi connectivity index (χ3v) is 8.10. The van der Waals surface area contributed by atoms with Crippen molar-refractivity contribution in [1.82, 2.24) is 4.57 Å². The highest BCUT2D eigenvalue weighted by Gasteiger charge is 2.17. The fourth-order valence-corrected chi connectivity index (χ4v) is 5.77. The second-order valence-corrected chi connectivity index (χ2v) is 10.9. The molecule has 0 aliphatic carbocycles. The van der Waals surface area contributed by atoms with Gasteiger partial charge in [0.25, 0.3) is 15.9 Å². The maximum atomic E-state index is 13.0. The van der Waals surface area contributed by atoms with E-state index in [1.807, 2.05) is 0 Å². The van der Waals surface area contributed by atoms with Gasteiger partial charge >= 0.3 is 11.9 Å². The lowest BCUT2D eigenvalue weighted by Gasteiger charge is -2.09. The number of amides is 1. The molecule has 0 saturated carbocycles. The van der Waals surface area contributed by atoms with Crippen molar-refractivity contribution in [3.8, 4) is 5.75 Å². The van der Waals surface area contributed by atoms with Gasteiger partial charge in [0.1, 0.15) is 12.3 Å². The maximum Gasteiger partial charge on any atom is 0.338 e. The average Bonchev–Trinajstić information content (AvgIpc) is 3.28. The van der Waals surface area contributed by atoms with Crippen molar-refractivity contribution in [2.45, 2.75) is 18.4 Å². The predicted octanol–water partition coefficient (Wildman–Crippen LogP) is 3.60. The smallest absolute Gasteiger partial charge is 0.338 e. The molecule has 0 fully saturated rings. The van der Waals surface area contributed by atoms with E-state index in [-0.39, 0.29) is 34.1 Å². The Kier molecular flexibility index (Phi) is 8.65. The number of nitrogens with one attached hydrogen (secondary N) is 1. The van der Waals surface area contributed by atoms with E-state index in [0.717, 1.165) is 11.3 Å². The molecule has 1 heterocycles. The molecule has 0 unspecified atom stereocenters. The van der Waals surface area contributed by atoms with Gasteiger partial charge in [0.2, 0.25) is 0 Å². The van der Waals surface area contributed by atoms with Crippen molar-refractivity contribution in [1.29, 1.82) is 0 Å². The lowest BCUT2D eigenvalue weighted by atomic mass is 10.2. The monoisotopic (exact) mass is 583 g/mol. The molecule has 4 aromatic rings. The van der Waals surface area contributed by atoms with E-state index < -0.39 is 27.9 Å². The zero-order valence-electron chi connectivity index (χ0n) is 21.7.